The Morgan fingerprint density at radius 2 is 2.23 bits per heavy atom. The number of allylic oxidation sites excluding steroid dienone is 1. The molecule has 26 heavy (non-hydrogen) atoms. The van der Waals surface area contributed by atoms with E-state index in [-0.39, 0.29) is 43.8 Å². The quantitative estimate of drug-likeness (QED) is 0.425. The number of fused-ring (bicyclic) bond motifs is 4. The summed E-state index contributed by atoms with van der Waals surface area (Å²) in [6.45, 7) is 2.34. The largest absolute Gasteiger partial charge is 1.00 e. The van der Waals surface area contributed by atoms with E-state index in [2.05, 4.69) is 42.5 Å². The van der Waals surface area contributed by atoms with Gasteiger partial charge in [-0.2, -0.15) is 0 Å². The molecule has 0 fully saturated rings. The third-order valence-corrected chi connectivity index (χ3v) is 3.82. The maximum Gasteiger partial charge on any atom is 1.00 e. The van der Waals surface area contributed by atoms with Gasteiger partial charge >= 0.3 is 18.9 Å². The minimum Gasteiger partial charge on any atom is -0.878 e. The zero-order chi connectivity index (χ0) is 16.9. The molecule has 0 aromatic carbocycles. The molecule has 2 aromatic heterocycles. The molecule has 9 heteroatoms. The van der Waals surface area contributed by atoms with Crippen LogP contribution in [0.25, 0.3) is 11.0 Å². The normalized spacial score (nSPS) is 16.1. The summed E-state index contributed by atoms with van der Waals surface area (Å²) in [4.78, 5) is 12.8. The molecule has 1 atom stereocenters. The first-order valence-corrected chi connectivity index (χ1v) is 8.10. The van der Waals surface area contributed by atoms with E-state index in [0.717, 1.165) is 6.21 Å². The van der Waals surface area contributed by atoms with Crippen molar-refractivity contribution in [3.63, 3.8) is 0 Å². The molecule has 0 spiro atoms. The summed E-state index contributed by atoms with van der Waals surface area (Å²) in [5, 5.41) is 12.5. The van der Waals surface area contributed by atoms with Crippen molar-refractivity contribution in [3.8, 4) is 5.75 Å². The molecule has 132 valence electrons. The second-order valence-electron chi connectivity index (χ2n) is 5.10. The van der Waals surface area contributed by atoms with E-state index in [4.69, 9.17) is 9.47 Å². The molecule has 1 N–H and O–H groups in total. The monoisotopic (exact) mass is 409 g/mol. The number of pyridine rings is 1. The molecule has 2 aromatic rings. The number of halogens is 1. The minimum absolute atomic E-state index is 0. The van der Waals surface area contributed by atoms with Gasteiger partial charge in [-0.05, 0) is 28.9 Å². The van der Waals surface area contributed by atoms with Crippen LogP contribution < -0.4 is 28.9 Å². The van der Waals surface area contributed by atoms with Crippen molar-refractivity contribution in [1.29, 1.82) is 0 Å². The molecule has 1 aliphatic heterocycles. The fourth-order valence-corrected chi connectivity index (χ4v) is 2.32. The Bertz CT molecular complexity index is 787. The van der Waals surface area contributed by atoms with Crippen LogP contribution in [0.1, 0.15) is 19.2 Å². The summed E-state index contributed by atoms with van der Waals surface area (Å²) in [5.41, 5.74) is 0.248. The summed E-state index contributed by atoms with van der Waals surface area (Å²) < 4.78 is 11.8. The van der Waals surface area contributed by atoms with Gasteiger partial charge in [0.25, 0.3) is 0 Å². The standard InChI is InChI=1S/C16H14BrN5O2.CH3.Li/c1-10-3-5-23-9-11(7-18)15-20-8-13(17)16(22-15)21-14-6-12(24-10)2-4-19-14;;/h2,4,6-8,10H,3,5H2,1H3,(H,19,20,21,22);1H3;/q-2;-1;+1/t10-;;/m0../s1. The number of anilines is 2. The number of ether oxygens (including phenoxy) is 2. The van der Waals surface area contributed by atoms with Crippen LogP contribution in [0.3, 0.4) is 0 Å². The summed E-state index contributed by atoms with van der Waals surface area (Å²) in [5.74, 6) is 2.06. The van der Waals surface area contributed by atoms with E-state index >= 15 is 0 Å². The van der Waals surface area contributed by atoms with Crippen molar-refractivity contribution in [2.75, 3.05) is 11.9 Å². The van der Waals surface area contributed by atoms with Crippen LogP contribution in [0.5, 0.6) is 5.75 Å². The van der Waals surface area contributed by atoms with E-state index in [9.17, 15) is 5.41 Å². The maximum absolute atomic E-state index is 9.39. The fourth-order valence-electron chi connectivity index (χ4n) is 2.03. The van der Waals surface area contributed by atoms with E-state index in [1.54, 1.807) is 24.5 Å². The third-order valence-electron chi connectivity index (χ3n) is 3.24. The Balaban J connectivity index is 0.00000169. The Hall–Kier alpha value is -1.88. The molecule has 0 radical (unpaired) electrons. The molecule has 3 heterocycles. The van der Waals surface area contributed by atoms with Crippen molar-refractivity contribution >= 4 is 39.4 Å². The molecular formula is C17H17BrLiN5O2-2. The van der Waals surface area contributed by atoms with Gasteiger partial charge in [0.15, 0.2) is 0 Å². The van der Waals surface area contributed by atoms with Crippen LogP contribution in [0.2, 0.25) is 0 Å². The number of aromatic nitrogens is 3. The van der Waals surface area contributed by atoms with Gasteiger partial charge in [-0.15, -0.1) is 5.57 Å². The van der Waals surface area contributed by atoms with Crippen LogP contribution in [0, 0.1) is 13.7 Å². The van der Waals surface area contributed by atoms with Crippen molar-refractivity contribution in [2.24, 2.45) is 0 Å². The fraction of sp³-hybridized carbons (Fsp3) is 0.235. The molecule has 0 saturated heterocycles. The van der Waals surface area contributed by atoms with E-state index < -0.39 is 0 Å². The van der Waals surface area contributed by atoms with Gasteiger partial charge in [-0.1, -0.05) is 0 Å². The van der Waals surface area contributed by atoms with Crippen molar-refractivity contribution in [2.45, 2.75) is 19.4 Å². The second-order valence-corrected chi connectivity index (χ2v) is 5.96. The molecule has 1 aliphatic rings. The molecule has 4 bridgehead atoms. The second kappa shape index (κ2) is 10.3. The Morgan fingerprint density at radius 1 is 1.42 bits per heavy atom. The molecule has 0 amide bonds. The molecule has 0 saturated carbocycles. The van der Waals surface area contributed by atoms with Gasteiger partial charge in [-0.3, -0.25) is 9.97 Å². The minimum atomic E-state index is -0.0487. The summed E-state index contributed by atoms with van der Waals surface area (Å²) in [6.07, 6.45) is 7.35. The Labute approximate surface area is 173 Å². The maximum atomic E-state index is 9.39. The summed E-state index contributed by atoms with van der Waals surface area (Å²) >= 11 is 3.39. The number of nitrogens with one attached hydrogen (secondary N) is 1. The van der Waals surface area contributed by atoms with Gasteiger partial charge in [0.05, 0.1) is 17.2 Å². The first-order valence-electron chi connectivity index (χ1n) is 7.30. The van der Waals surface area contributed by atoms with Crippen molar-refractivity contribution in [1.82, 2.24) is 15.0 Å². The molecule has 7 nitrogen and oxygen atoms in total. The Morgan fingerprint density at radius 3 is 3.00 bits per heavy atom. The summed E-state index contributed by atoms with van der Waals surface area (Å²) in [7, 11) is 0. The Kier molecular flexibility index (Phi) is 8.79. The molecular weight excluding hydrogens is 393 g/mol. The van der Waals surface area contributed by atoms with Crippen LogP contribution in [-0.4, -0.2) is 33.9 Å². The predicted molar refractivity (Wildman–Crippen MR) is 100 cm³/mol. The van der Waals surface area contributed by atoms with Gasteiger partial charge in [-0.25, -0.2) is 4.98 Å². The summed E-state index contributed by atoms with van der Waals surface area (Å²) in [6, 6.07) is 3.58. The molecule has 0 unspecified atom stereocenters. The van der Waals surface area contributed by atoms with Crippen LogP contribution in [0.4, 0.5) is 11.6 Å². The van der Waals surface area contributed by atoms with E-state index in [1.807, 2.05) is 6.92 Å². The number of hydrogen-bond donors (Lipinski definition) is 1. The topological polar surface area (TPSA) is 91.5 Å². The van der Waals surface area contributed by atoms with Crippen LogP contribution in [-0.2, 0) is 4.74 Å². The zero-order valence-electron chi connectivity index (χ0n) is 14.9. The van der Waals surface area contributed by atoms with Crippen LogP contribution in [0.15, 0.2) is 29.0 Å². The molecule has 3 rings (SSSR count). The number of rotatable bonds is 1. The van der Waals surface area contributed by atoms with Crippen molar-refractivity contribution < 1.29 is 28.3 Å². The van der Waals surface area contributed by atoms with E-state index in [1.165, 1.54) is 0 Å². The van der Waals surface area contributed by atoms with Crippen molar-refractivity contribution in [3.05, 3.63) is 53.9 Å². The average Bonchev–Trinajstić information content (AvgIpc) is 2.57. The van der Waals surface area contributed by atoms with Gasteiger partial charge in [0.2, 0.25) is 0 Å². The zero-order valence-corrected chi connectivity index (χ0v) is 16.4. The predicted octanol–water partition coefficient (Wildman–Crippen LogP) is 0.804. The smallest absolute Gasteiger partial charge is 0.878 e. The van der Waals surface area contributed by atoms with Gasteiger partial charge < -0.3 is 33.8 Å². The van der Waals surface area contributed by atoms with Gasteiger partial charge in [0, 0.05) is 37.0 Å². The SMILES string of the molecule is C[C@H]1CCO[C-]=C(C=[N-])c2ncc(Br)c(n2)Nc2cc(ccn2)O1.[CH3-].[Li+]. The first kappa shape index (κ1) is 22.2. The third kappa shape index (κ3) is 5.56. The average molecular weight is 410 g/mol. The van der Waals surface area contributed by atoms with E-state index in [0.29, 0.717) is 34.9 Å². The number of hydrogen-bond acceptors (Lipinski definition) is 6. The first-order chi connectivity index (χ1) is 11.7. The molecule has 0 aliphatic carbocycles. The van der Waals surface area contributed by atoms with Gasteiger partial charge in [0.1, 0.15) is 17.4 Å². The van der Waals surface area contributed by atoms with Crippen LogP contribution >= 0.6 is 15.9 Å². The number of nitrogens with zero attached hydrogens (tertiary/aromatic N) is 4.